The van der Waals surface area contributed by atoms with Gasteiger partial charge in [0.2, 0.25) is 0 Å². The molecule has 3 atom stereocenters. The lowest BCUT2D eigenvalue weighted by atomic mass is 10.3. The number of ether oxygens (including phenoxy) is 3. The number of carbonyl (C=O) groups is 3. The van der Waals surface area contributed by atoms with Crippen LogP contribution in [0.4, 0.5) is 0 Å². The molecule has 0 fully saturated rings. The Morgan fingerprint density at radius 3 is 1.38 bits per heavy atom. The second kappa shape index (κ2) is 10.1. The van der Waals surface area contributed by atoms with Crippen molar-refractivity contribution in [1.82, 2.24) is 0 Å². The van der Waals surface area contributed by atoms with E-state index in [1.54, 1.807) is 0 Å². The van der Waals surface area contributed by atoms with Crippen LogP contribution in [0.25, 0.3) is 0 Å². The van der Waals surface area contributed by atoms with Crippen LogP contribution in [-0.2, 0) is 28.6 Å². The van der Waals surface area contributed by atoms with E-state index in [1.807, 2.05) is 0 Å². The lowest BCUT2D eigenvalue weighted by Crippen LogP contribution is -2.34. The Labute approximate surface area is 137 Å². The molecular formula is C12H17Cl3O6. The van der Waals surface area contributed by atoms with Crippen LogP contribution in [0.3, 0.4) is 0 Å². The van der Waals surface area contributed by atoms with Gasteiger partial charge in [-0.1, -0.05) is 0 Å². The van der Waals surface area contributed by atoms with Crippen molar-refractivity contribution in [2.24, 2.45) is 0 Å². The minimum atomic E-state index is -0.988. The third-order valence-electron chi connectivity index (χ3n) is 2.08. The van der Waals surface area contributed by atoms with Crippen LogP contribution in [0.15, 0.2) is 0 Å². The first-order valence-electron chi connectivity index (χ1n) is 6.11. The van der Waals surface area contributed by atoms with E-state index in [4.69, 9.17) is 49.0 Å². The van der Waals surface area contributed by atoms with Crippen LogP contribution in [0, 0.1) is 0 Å². The number of alkyl halides is 3. The van der Waals surface area contributed by atoms with E-state index >= 15 is 0 Å². The molecule has 0 aliphatic heterocycles. The summed E-state index contributed by atoms with van der Waals surface area (Å²) in [6.07, 6.45) is -0.988. The van der Waals surface area contributed by atoms with Gasteiger partial charge in [0, 0.05) is 0 Å². The molecular weight excluding hydrogens is 346 g/mol. The number of rotatable bonds is 8. The molecule has 0 heterocycles. The molecule has 0 spiro atoms. The summed E-state index contributed by atoms with van der Waals surface area (Å²) in [5.74, 6) is -2.10. The van der Waals surface area contributed by atoms with E-state index < -0.39 is 40.1 Å². The third-order valence-corrected chi connectivity index (χ3v) is 2.61. The molecule has 0 saturated carbocycles. The Balaban J connectivity index is 4.50. The Morgan fingerprint density at radius 2 is 1.10 bits per heavy atom. The first-order valence-corrected chi connectivity index (χ1v) is 7.42. The van der Waals surface area contributed by atoms with Gasteiger partial charge in [0.25, 0.3) is 0 Å². The number of carbonyl (C=O) groups excluding carboxylic acids is 3. The van der Waals surface area contributed by atoms with Gasteiger partial charge < -0.3 is 14.2 Å². The molecule has 122 valence electrons. The minimum Gasteiger partial charge on any atom is -0.461 e. The molecule has 21 heavy (non-hydrogen) atoms. The van der Waals surface area contributed by atoms with Gasteiger partial charge in [-0.3, -0.25) is 14.4 Å². The lowest BCUT2D eigenvalue weighted by molar-refractivity contribution is -0.165. The van der Waals surface area contributed by atoms with Crippen molar-refractivity contribution in [3.63, 3.8) is 0 Å². The van der Waals surface area contributed by atoms with Gasteiger partial charge in [-0.05, 0) is 20.8 Å². The molecule has 0 N–H and O–H groups in total. The highest BCUT2D eigenvalue weighted by Crippen LogP contribution is 2.06. The van der Waals surface area contributed by atoms with Crippen LogP contribution in [0.5, 0.6) is 0 Å². The second-order valence-electron chi connectivity index (χ2n) is 4.17. The van der Waals surface area contributed by atoms with Crippen LogP contribution in [0.2, 0.25) is 0 Å². The average Bonchev–Trinajstić information content (AvgIpc) is 2.40. The summed E-state index contributed by atoms with van der Waals surface area (Å²) in [6, 6.07) is 0. The molecule has 0 aromatic rings. The predicted octanol–water partition coefficient (Wildman–Crippen LogP) is 1.87. The molecule has 0 aromatic heterocycles. The molecule has 0 aromatic carbocycles. The fourth-order valence-electron chi connectivity index (χ4n) is 0.954. The van der Waals surface area contributed by atoms with Gasteiger partial charge in [-0.15, -0.1) is 34.8 Å². The fraction of sp³-hybridized carbons (Fsp3) is 0.750. The highest BCUT2D eigenvalue weighted by molar-refractivity contribution is 6.30. The largest absolute Gasteiger partial charge is 0.461 e. The summed E-state index contributed by atoms with van der Waals surface area (Å²) < 4.78 is 14.6. The zero-order chi connectivity index (χ0) is 16.6. The molecule has 0 rings (SSSR count). The molecule has 9 heteroatoms. The van der Waals surface area contributed by atoms with E-state index in [2.05, 4.69) is 0 Å². The van der Waals surface area contributed by atoms with Gasteiger partial charge in [0.15, 0.2) is 6.10 Å². The van der Waals surface area contributed by atoms with Crippen molar-refractivity contribution in [1.29, 1.82) is 0 Å². The smallest absolute Gasteiger partial charge is 0.324 e. The molecule has 0 aliphatic rings. The molecule has 0 bridgehead atoms. The van der Waals surface area contributed by atoms with Crippen LogP contribution >= 0.6 is 34.8 Å². The topological polar surface area (TPSA) is 78.9 Å². The maximum atomic E-state index is 11.4. The van der Waals surface area contributed by atoms with E-state index in [-0.39, 0.29) is 13.2 Å². The number of hydrogen-bond acceptors (Lipinski definition) is 6. The predicted molar refractivity (Wildman–Crippen MR) is 77.7 cm³/mol. The standard InChI is InChI=1S/C12H17Cl3O6/c1-6(13)10(16)19-4-9(21-12(18)8(3)15)5-20-11(17)7(2)14/h6-9H,4-5H2,1-3H3. The number of hydrogen-bond donors (Lipinski definition) is 0. The van der Waals surface area contributed by atoms with E-state index in [1.165, 1.54) is 20.8 Å². The lowest BCUT2D eigenvalue weighted by Gasteiger charge is -2.19. The van der Waals surface area contributed by atoms with Crippen molar-refractivity contribution in [3.05, 3.63) is 0 Å². The Hall–Kier alpha value is -0.720. The summed E-state index contributed by atoms with van der Waals surface area (Å²) in [6.45, 7) is 3.66. The summed E-state index contributed by atoms with van der Waals surface area (Å²) in [7, 11) is 0. The van der Waals surface area contributed by atoms with Crippen LogP contribution in [0.1, 0.15) is 20.8 Å². The maximum absolute atomic E-state index is 11.4. The van der Waals surface area contributed by atoms with Gasteiger partial charge in [0.05, 0.1) is 0 Å². The average molecular weight is 364 g/mol. The van der Waals surface area contributed by atoms with Crippen molar-refractivity contribution < 1.29 is 28.6 Å². The zero-order valence-electron chi connectivity index (χ0n) is 11.8. The van der Waals surface area contributed by atoms with E-state index in [0.29, 0.717) is 0 Å². The SMILES string of the molecule is CC(Cl)C(=O)OCC(COC(=O)C(C)Cl)OC(=O)C(C)Cl. The summed E-state index contributed by atoms with van der Waals surface area (Å²) in [5, 5.41) is -2.59. The summed E-state index contributed by atoms with van der Waals surface area (Å²) >= 11 is 16.6. The van der Waals surface area contributed by atoms with Gasteiger partial charge in [-0.2, -0.15) is 0 Å². The number of esters is 3. The van der Waals surface area contributed by atoms with Crippen LogP contribution < -0.4 is 0 Å². The van der Waals surface area contributed by atoms with Crippen molar-refractivity contribution >= 4 is 52.7 Å². The first kappa shape index (κ1) is 20.3. The van der Waals surface area contributed by atoms with Gasteiger partial charge in [-0.25, -0.2) is 0 Å². The molecule has 0 aliphatic carbocycles. The molecule has 0 saturated heterocycles. The zero-order valence-corrected chi connectivity index (χ0v) is 14.1. The molecule has 0 amide bonds. The maximum Gasteiger partial charge on any atom is 0.324 e. The minimum absolute atomic E-state index is 0.310. The third kappa shape index (κ3) is 9.01. The Bertz CT molecular complexity index is 346. The summed E-state index contributed by atoms with van der Waals surface area (Å²) in [5.41, 5.74) is 0. The monoisotopic (exact) mass is 362 g/mol. The Kier molecular flexibility index (Phi) is 9.74. The van der Waals surface area contributed by atoms with Gasteiger partial charge >= 0.3 is 17.9 Å². The quantitative estimate of drug-likeness (QED) is 0.372. The highest BCUT2D eigenvalue weighted by Gasteiger charge is 2.23. The first-order chi connectivity index (χ1) is 9.65. The normalized spacial score (nSPS) is 16.3. The fourth-order valence-corrected chi connectivity index (χ4v) is 1.13. The van der Waals surface area contributed by atoms with E-state index in [9.17, 15) is 14.4 Å². The van der Waals surface area contributed by atoms with E-state index in [0.717, 1.165) is 0 Å². The number of halogens is 3. The van der Waals surface area contributed by atoms with Crippen molar-refractivity contribution in [2.45, 2.75) is 43.0 Å². The molecule has 0 radical (unpaired) electrons. The molecule has 3 unspecified atom stereocenters. The van der Waals surface area contributed by atoms with Crippen molar-refractivity contribution in [3.8, 4) is 0 Å². The highest BCUT2D eigenvalue weighted by atomic mass is 35.5. The summed E-state index contributed by atoms with van der Waals surface area (Å²) in [4.78, 5) is 34.0. The Morgan fingerprint density at radius 1 is 0.762 bits per heavy atom. The molecule has 6 nitrogen and oxygen atoms in total. The van der Waals surface area contributed by atoms with Crippen molar-refractivity contribution in [2.75, 3.05) is 13.2 Å². The van der Waals surface area contributed by atoms with Crippen LogP contribution in [-0.4, -0.2) is 53.4 Å². The van der Waals surface area contributed by atoms with Gasteiger partial charge in [0.1, 0.15) is 29.3 Å². The second-order valence-corrected chi connectivity index (χ2v) is 6.13.